The molecule has 1 aliphatic heterocycles. The average molecular weight is 493 g/mol. The molecular weight excluding hydrogens is 460 g/mol. The van der Waals surface area contributed by atoms with Crippen LogP contribution >= 0.6 is 0 Å². The van der Waals surface area contributed by atoms with Gasteiger partial charge in [0.05, 0.1) is 6.10 Å². The summed E-state index contributed by atoms with van der Waals surface area (Å²) in [5, 5.41) is 11.4. The van der Waals surface area contributed by atoms with Gasteiger partial charge in [0.15, 0.2) is 5.54 Å². The largest absolute Gasteiger partial charge is 0.379 e. The van der Waals surface area contributed by atoms with Crippen molar-refractivity contribution in [3.63, 3.8) is 0 Å². The molecule has 3 N–H and O–H groups in total. The molecule has 1 aliphatic rings. The fourth-order valence-electron chi connectivity index (χ4n) is 3.89. The Morgan fingerprint density at radius 1 is 1.06 bits per heavy atom. The van der Waals surface area contributed by atoms with E-state index in [2.05, 4.69) is 34.2 Å². The molecule has 190 valence electrons. The van der Waals surface area contributed by atoms with Gasteiger partial charge in [-0.3, -0.25) is 24.5 Å². The molecule has 9 nitrogen and oxygen atoms in total. The first-order valence-corrected chi connectivity index (χ1v) is 11.6. The summed E-state index contributed by atoms with van der Waals surface area (Å²) in [7, 11) is 4.42. The second kappa shape index (κ2) is 11.8. The monoisotopic (exact) mass is 492 g/mol. The third-order valence-corrected chi connectivity index (χ3v) is 6.60. The molecule has 1 unspecified atom stereocenters. The molecule has 3 rings (SSSR count). The van der Waals surface area contributed by atoms with E-state index in [1.807, 2.05) is 12.1 Å². The number of carbonyl (C=O) groups is 3. The zero-order valence-corrected chi connectivity index (χ0v) is 21.0. The summed E-state index contributed by atoms with van der Waals surface area (Å²) in [6.45, 7) is 4.25. The number of rotatable bonds is 8. The summed E-state index contributed by atoms with van der Waals surface area (Å²) in [5.41, 5.74) is 2.65. The van der Waals surface area contributed by atoms with Crippen molar-refractivity contribution in [2.45, 2.75) is 25.0 Å². The molecule has 1 saturated heterocycles. The third-order valence-electron chi connectivity index (χ3n) is 6.60. The molecule has 0 saturated carbocycles. The normalized spacial score (nSPS) is 15.0. The maximum Gasteiger partial charge on any atom is 0.278 e. The van der Waals surface area contributed by atoms with Gasteiger partial charge in [-0.05, 0) is 55.3 Å². The van der Waals surface area contributed by atoms with Crippen LogP contribution in [0.3, 0.4) is 0 Å². The van der Waals surface area contributed by atoms with Gasteiger partial charge >= 0.3 is 0 Å². The highest BCUT2D eigenvalue weighted by molar-refractivity contribution is 6.12. The molecule has 0 spiro atoms. The molecule has 0 aromatic heterocycles. The van der Waals surface area contributed by atoms with E-state index >= 15 is 0 Å². The van der Waals surface area contributed by atoms with Gasteiger partial charge in [0.1, 0.15) is 0 Å². The first-order valence-electron chi connectivity index (χ1n) is 11.6. The van der Waals surface area contributed by atoms with Crippen LogP contribution in [0.25, 0.3) is 0 Å². The van der Waals surface area contributed by atoms with Gasteiger partial charge in [0.25, 0.3) is 17.7 Å². The SMILES string of the molecule is CNC(=O)C(C)(C(=O)NO)N(C)C(=O)c1ccc(C#Cc2ccc(CCN3CC(OC)C3)cc2)cc1. The zero-order chi connectivity index (χ0) is 26.3. The van der Waals surface area contributed by atoms with Crippen molar-refractivity contribution in [2.24, 2.45) is 0 Å². The molecule has 1 atom stereocenters. The van der Waals surface area contributed by atoms with Gasteiger partial charge in [0.2, 0.25) is 0 Å². The Morgan fingerprint density at radius 3 is 2.11 bits per heavy atom. The van der Waals surface area contributed by atoms with Crippen LogP contribution in [-0.2, 0) is 20.7 Å². The van der Waals surface area contributed by atoms with Crippen molar-refractivity contribution in [2.75, 3.05) is 40.8 Å². The van der Waals surface area contributed by atoms with Crippen LogP contribution in [-0.4, -0.2) is 85.2 Å². The number of methoxy groups -OCH3 is 1. The highest BCUT2D eigenvalue weighted by Crippen LogP contribution is 2.18. The van der Waals surface area contributed by atoms with Gasteiger partial charge in [-0.1, -0.05) is 24.0 Å². The van der Waals surface area contributed by atoms with E-state index < -0.39 is 23.3 Å². The molecule has 2 aromatic carbocycles. The van der Waals surface area contributed by atoms with Crippen molar-refractivity contribution in [3.8, 4) is 11.8 Å². The molecule has 1 heterocycles. The summed E-state index contributed by atoms with van der Waals surface area (Å²) in [6, 6.07) is 14.7. The third kappa shape index (κ3) is 5.91. The number of nitrogens with zero attached hydrogens (tertiary/aromatic N) is 2. The van der Waals surface area contributed by atoms with Crippen LogP contribution in [0.4, 0.5) is 0 Å². The summed E-state index contributed by atoms with van der Waals surface area (Å²) in [4.78, 5) is 40.8. The predicted molar refractivity (Wildman–Crippen MR) is 134 cm³/mol. The lowest BCUT2D eigenvalue weighted by Crippen LogP contribution is -2.64. The smallest absolute Gasteiger partial charge is 0.278 e. The quantitative estimate of drug-likeness (QED) is 0.220. The fourth-order valence-corrected chi connectivity index (χ4v) is 3.89. The van der Waals surface area contributed by atoms with Gasteiger partial charge in [-0.2, -0.15) is 0 Å². The fraction of sp³-hybridized carbons (Fsp3) is 0.370. The van der Waals surface area contributed by atoms with Crippen LogP contribution < -0.4 is 10.8 Å². The van der Waals surface area contributed by atoms with Crippen LogP contribution in [0.15, 0.2) is 48.5 Å². The minimum Gasteiger partial charge on any atom is -0.379 e. The van der Waals surface area contributed by atoms with Crippen LogP contribution in [0.2, 0.25) is 0 Å². The molecule has 0 bridgehead atoms. The van der Waals surface area contributed by atoms with E-state index in [0.29, 0.717) is 11.7 Å². The molecular formula is C27H32N4O5. The molecule has 2 aromatic rings. The van der Waals surface area contributed by atoms with Gasteiger partial charge in [-0.15, -0.1) is 0 Å². The Morgan fingerprint density at radius 2 is 1.61 bits per heavy atom. The number of hydrogen-bond donors (Lipinski definition) is 3. The molecule has 36 heavy (non-hydrogen) atoms. The lowest BCUT2D eigenvalue weighted by atomic mass is 9.96. The summed E-state index contributed by atoms with van der Waals surface area (Å²) < 4.78 is 5.30. The number of hydrogen-bond acceptors (Lipinski definition) is 6. The number of likely N-dealkylation sites (N-methyl/N-ethyl adjacent to an activating group) is 2. The molecule has 0 aliphatic carbocycles. The maximum absolute atomic E-state index is 12.9. The molecule has 3 amide bonds. The van der Waals surface area contributed by atoms with Crippen molar-refractivity contribution < 1.29 is 24.3 Å². The molecule has 9 heteroatoms. The second-order valence-electron chi connectivity index (χ2n) is 8.85. The number of ether oxygens (including phenoxy) is 1. The van der Waals surface area contributed by atoms with E-state index in [0.717, 1.165) is 36.5 Å². The number of nitrogens with one attached hydrogen (secondary N) is 2. The van der Waals surface area contributed by atoms with Crippen molar-refractivity contribution in [1.29, 1.82) is 0 Å². The summed E-state index contributed by atoms with van der Waals surface area (Å²) in [6.07, 6.45) is 1.35. The number of amides is 3. The molecule has 0 radical (unpaired) electrons. The lowest BCUT2D eigenvalue weighted by molar-refractivity contribution is -0.148. The zero-order valence-electron chi connectivity index (χ0n) is 21.0. The van der Waals surface area contributed by atoms with Gasteiger partial charge in [0, 0.05) is 57.5 Å². The number of benzene rings is 2. The standard InChI is InChI=1S/C27H32N4O5/c1-27(25(33)28-2,26(34)29-35)30(3)24(32)22-13-11-20(12-14-22)6-5-19-7-9-21(10-8-19)15-16-31-17-23(18-31)36-4/h7-14,23,35H,15-18H2,1-4H3,(H,28,33)(H,29,34). The Kier molecular flexibility index (Phi) is 8.83. The van der Waals surface area contributed by atoms with E-state index in [1.54, 1.807) is 31.4 Å². The summed E-state index contributed by atoms with van der Waals surface area (Å²) in [5.74, 6) is 3.89. The maximum atomic E-state index is 12.9. The Hall–Kier alpha value is -3.71. The Bertz CT molecular complexity index is 1130. The Labute approximate surface area is 211 Å². The Balaban J connectivity index is 1.62. The van der Waals surface area contributed by atoms with Crippen LogP contribution in [0.1, 0.15) is 34.0 Å². The first-order chi connectivity index (χ1) is 17.2. The minimum absolute atomic E-state index is 0.271. The number of likely N-dealkylation sites (tertiary alicyclic amines) is 1. The van der Waals surface area contributed by atoms with Crippen molar-refractivity contribution in [3.05, 3.63) is 70.8 Å². The van der Waals surface area contributed by atoms with E-state index in [4.69, 9.17) is 9.94 Å². The van der Waals surface area contributed by atoms with Gasteiger partial charge in [-0.25, -0.2) is 5.48 Å². The van der Waals surface area contributed by atoms with Crippen LogP contribution in [0.5, 0.6) is 0 Å². The van der Waals surface area contributed by atoms with Crippen molar-refractivity contribution >= 4 is 17.7 Å². The summed E-state index contributed by atoms with van der Waals surface area (Å²) >= 11 is 0. The van der Waals surface area contributed by atoms with E-state index in [9.17, 15) is 14.4 Å². The van der Waals surface area contributed by atoms with Crippen molar-refractivity contribution in [1.82, 2.24) is 20.6 Å². The number of hydroxylamine groups is 1. The van der Waals surface area contributed by atoms with Crippen LogP contribution in [0, 0.1) is 11.8 Å². The predicted octanol–water partition coefficient (Wildman–Crippen LogP) is 1.04. The lowest BCUT2D eigenvalue weighted by Gasteiger charge is -2.38. The second-order valence-corrected chi connectivity index (χ2v) is 8.85. The highest BCUT2D eigenvalue weighted by atomic mass is 16.5. The molecule has 1 fully saturated rings. The first kappa shape index (κ1) is 26.9. The van der Waals surface area contributed by atoms with E-state index in [-0.39, 0.29) is 5.56 Å². The number of carbonyl (C=O) groups excluding carboxylic acids is 3. The van der Waals surface area contributed by atoms with E-state index in [1.165, 1.54) is 32.1 Å². The topological polar surface area (TPSA) is 111 Å². The highest BCUT2D eigenvalue weighted by Gasteiger charge is 2.47. The minimum atomic E-state index is -1.94. The average Bonchev–Trinajstić information content (AvgIpc) is 2.89. The van der Waals surface area contributed by atoms with Gasteiger partial charge < -0.3 is 15.0 Å².